The zero-order valence-corrected chi connectivity index (χ0v) is 12.5. The van der Waals surface area contributed by atoms with Crippen LogP contribution in [0.2, 0.25) is 0 Å². The highest BCUT2D eigenvalue weighted by Gasteiger charge is 2.11. The van der Waals surface area contributed by atoms with E-state index in [2.05, 4.69) is 16.0 Å². The van der Waals surface area contributed by atoms with Gasteiger partial charge in [-0.2, -0.15) is 0 Å². The molecule has 0 saturated carbocycles. The van der Waals surface area contributed by atoms with Gasteiger partial charge in [-0.15, -0.1) is 0 Å². The highest BCUT2D eigenvalue weighted by molar-refractivity contribution is 6.04. The molecule has 3 amide bonds. The van der Waals surface area contributed by atoms with Gasteiger partial charge < -0.3 is 16.0 Å². The topological polar surface area (TPSA) is 87.3 Å². The van der Waals surface area contributed by atoms with Crippen LogP contribution in [0.3, 0.4) is 0 Å². The number of rotatable bonds is 6. The van der Waals surface area contributed by atoms with Gasteiger partial charge in [0.1, 0.15) is 6.42 Å². The number of amides is 3. The van der Waals surface area contributed by atoms with E-state index >= 15 is 0 Å². The van der Waals surface area contributed by atoms with E-state index in [9.17, 15) is 14.4 Å². The Kier molecular flexibility index (Phi) is 6.39. The number of nitrogens with one attached hydrogen (secondary N) is 3. The molecule has 3 N–H and O–H groups in total. The number of hydrogen-bond acceptors (Lipinski definition) is 3. The van der Waals surface area contributed by atoms with Gasteiger partial charge in [0.15, 0.2) is 0 Å². The summed E-state index contributed by atoms with van der Waals surface area (Å²) in [6.07, 6.45) is 0.584. The second-order valence-electron chi connectivity index (χ2n) is 4.86. The van der Waals surface area contributed by atoms with E-state index in [-0.39, 0.29) is 24.3 Å². The van der Waals surface area contributed by atoms with Gasteiger partial charge in [0, 0.05) is 24.3 Å². The predicted molar refractivity (Wildman–Crippen MR) is 81.9 cm³/mol. The molecule has 1 unspecified atom stereocenters. The first-order valence-corrected chi connectivity index (χ1v) is 6.87. The van der Waals surface area contributed by atoms with E-state index in [0.29, 0.717) is 11.4 Å². The van der Waals surface area contributed by atoms with Gasteiger partial charge in [-0.05, 0) is 31.5 Å². The molecule has 0 aliphatic rings. The third kappa shape index (κ3) is 6.56. The number of carbonyl (C=O) groups is 3. The molecule has 1 atom stereocenters. The van der Waals surface area contributed by atoms with Crippen molar-refractivity contribution in [3.05, 3.63) is 24.3 Å². The summed E-state index contributed by atoms with van der Waals surface area (Å²) in [6, 6.07) is 6.79. The van der Waals surface area contributed by atoms with Crippen LogP contribution in [0.4, 0.5) is 11.4 Å². The molecule has 1 rings (SSSR count). The molecule has 0 aliphatic carbocycles. The minimum absolute atomic E-state index is 0.0494. The summed E-state index contributed by atoms with van der Waals surface area (Å²) in [5.74, 6) is -0.887. The first kappa shape index (κ1) is 16.7. The Morgan fingerprint density at radius 1 is 1.10 bits per heavy atom. The van der Waals surface area contributed by atoms with Crippen molar-refractivity contribution in [3.63, 3.8) is 0 Å². The van der Waals surface area contributed by atoms with E-state index in [1.165, 1.54) is 6.92 Å². The SMILES string of the molecule is CCC(C)NC(=O)CC(=O)Nc1cccc(NC(C)=O)c1. The standard InChI is InChI=1S/C15H21N3O3/c1-4-10(2)16-14(20)9-15(21)18-13-7-5-6-12(8-13)17-11(3)19/h5-8,10H,4,9H2,1-3H3,(H,16,20)(H,17,19)(H,18,21). The number of benzene rings is 1. The summed E-state index contributed by atoms with van der Waals surface area (Å²) in [7, 11) is 0. The van der Waals surface area contributed by atoms with Crippen molar-refractivity contribution in [2.45, 2.75) is 39.7 Å². The lowest BCUT2D eigenvalue weighted by Gasteiger charge is -2.11. The van der Waals surface area contributed by atoms with Gasteiger partial charge in [-0.25, -0.2) is 0 Å². The second-order valence-corrected chi connectivity index (χ2v) is 4.86. The van der Waals surface area contributed by atoms with E-state index in [1.54, 1.807) is 24.3 Å². The largest absolute Gasteiger partial charge is 0.353 e. The number of carbonyl (C=O) groups excluding carboxylic acids is 3. The highest BCUT2D eigenvalue weighted by atomic mass is 16.2. The molecule has 0 bridgehead atoms. The Bertz CT molecular complexity index is 529. The van der Waals surface area contributed by atoms with Crippen molar-refractivity contribution in [3.8, 4) is 0 Å². The van der Waals surface area contributed by atoms with Crippen molar-refractivity contribution in [1.29, 1.82) is 0 Å². The van der Waals surface area contributed by atoms with Crippen LogP contribution in [0.5, 0.6) is 0 Å². The highest BCUT2D eigenvalue weighted by Crippen LogP contribution is 2.15. The lowest BCUT2D eigenvalue weighted by molar-refractivity contribution is -0.127. The van der Waals surface area contributed by atoms with Gasteiger partial charge in [0.2, 0.25) is 17.7 Å². The van der Waals surface area contributed by atoms with Gasteiger partial charge in [0.05, 0.1) is 0 Å². The lowest BCUT2D eigenvalue weighted by atomic mass is 10.2. The quantitative estimate of drug-likeness (QED) is 0.699. The molecule has 6 heteroatoms. The zero-order valence-electron chi connectivity index (χ0n) is 12.5. The van der Waals surface area contributed by atoms with Crippen LogP contribution < -0.4 is 16.0 Å². The maximum Gasteiger partial charge on any atom is 0.233 e. The van der Waals surface area contributed by atoms with Gasteiger partial charge in [-0.3, -0.25) is 14.4 Å². The number of hydrogen-bond donors (Lipinski definition) is 3. The molecule has 0 radical (unpaired) electrons. The molecule has 0 aliphatic heterocycles. The second kappa shape index (κ2) is 8.04. The summed E-state index contributed by atoms with van der Waals surface area (Å²) in [5.41, 5.74) is 1.12. The minimum Gasteiger partial charge on any atom is -0.353 e. The van der Waals surface area contributed by atoms with Crippen molar-refractivity contribution in [2.75, 3.05) is 10.6 Å². The molecule has 21 heavy (non-hydrogen) atoms. The molecule has 0 saturated heterocycles. The summed E-state index contributed by atoms with van der Waals surface area (Å²) in [5, 5.41) is 7.98. The van der Waals surface area contributed by atoms with Crippen LogP contribution in [0, 0.1) is 0 Å². The maximum absolute atomic E-state index is 11.8. The molecule has 0 fully saturated rings. The average Bonchev–Trinajstić information content (AvgIpc) is 2.37. The summed E-state index contributed by atoms with van der Waals surface area (Å²) in [6.45, 7) is 5.25. The molecule has 0 spiro atoms. The van der Waals surface area contributed by atoms with Crippen molar-refractivity contribution >= 4 is 29.1 Å². The van der Waals surface area contributed by atoms with Crippen LogP contribution in [-0.4, -0.2) is 23.8 Å². The molecule has 114 valence electrons. The monoisotopic (exact) mass is 291 g/mol. The fourth-order valence-corrected chi connectivity index (χ4v) is 1.66. The normalized spacial score (nSPS) is 11.4. The van der Waals surface area contributed by atoms with Crippen LogP contribution in [0.25, 0.3) is 0 Å². The first-order valence-electron chi connectivity index (χ1n) is 6.87. The Morgan fingerprint density at radius 2 is 1.71 bits per heavy atom. The third-order valence-electron chi connectivity index (χ3n) is 2.81. The molecule has 0 heterocycles. The van der Waals surface area contributed by atoms with Gasteiger partial charge in [0.25, 0.3) is 0 Å². The molecule has 6 nitrogen and oxygen atoms in total. The first-order chi connectivity index (χ1) is 9.90. The third-order valence-corrected chi connectivity index (χ3v) is 2.81. The summed E-state index contributed by atoms with van der Waals surface area (Å²) >= 11 is 0. The molecule has 1 aromatic rings. The Balaban J connectivity index is 2.54. The minimum atomic E-state index is -0.393. The van der Waals surface area contributed by atoms with Crippen molar-refractivity contribution in [1.82, 2.24) is 5.32 Å². The molecular formula is C15H21N3O3. The zero-order chi connectivity index (χ0) is 15.8. The van der Waals surface area contributed by atoms with Gasteiger partial charge >= 0.3 is 0 Å². The van der Waals surface area contributed by atoms with Gasteiger partial charge in [-0.1, -0.05) is 13.0 Å². The molecule has 0 aromatic heterocycles. The average molecular weight is 291 g/mol. The van der Waals surface area contributed by atoms with E-state index < -0.39 is 5.91 Å². The van der Waals surface area contributed by atoms with E-state index in [1.807, 2.05) is 13.8 Å². The van der Waals surface area contributed by atoms with Crippen LogP contribution >= 0.6 is 0 Å². The van der Waals surface area contributed by atoms with Crippen LogP contribution in [0.1, 0.15) is 33.6 Å². The summed E-state index contributed by atoms with van der Waals surface area (Å²) < 4.78 is 0. The Labute approximate surface area is 124 Å². The fourth-order valence-electron chi connectivity index (χ4n) is 1.66. The van der Waals surface area contributed by atoms with Crippen molar-refractivity contribution in [2.24, 2.45) is 0 Å². The van der Waals surface area contributed by atoms with E-state index in [4.69, 9.17) is 0 Å². The van der Waals surface area contributed by atoms with Crippen LogP contribution in [-0.2, 0) is 14.4 Å². The molecular weight excluding hydrogens is 270 g/mol. The van der Waals surface area contributed by atoms with Crippen LogP contribution in [0.15, 0.2) is 24.3 Å². The Morgan fingerprint density at radius 3 is 2.29 bits per heavy atom. The Hall–Kier alpha value is -2.37. The lowest BCUT2D eigenvalue weighted by Crippen LogP contribution is -2.34. The van der Waals surface area contributed by atoms with Crippen molar-refractivity contribution < 1.29 is 14.4 Å². The fraction of sp³-hybridized carbons (Fsp3) is 0.400. The predicted octanol–water partition coefficient (Wildman–Crippen LogP) is 1.89. The number of anilines is 2. The summed E-state index contributed by atoms with van der Waals surface area (Å²) in [4.78, 5) is 34.3. The maximum atomic E-state index is 11.8. The van der Waals surface area contributed by atoms with E-state index in [0.717, 1.165) is 6.42 Å². The smallest absolute Gasteiger partial charge is 0.233 e. The molecule has 1 aromatic carbocycles.